The topological polar surface area (TPSA) is 29.1 Å². The number of carbonyl (C=O) groups excluding carboxylic acids is 1. The smallest absolute Gasteiger partial charge is 0.226 e. The van der Waals surface area contributed by atoms with Gasteiger partial charge in [0.25, 0.3) is 0 Å². The predicted molar refractivity (Wildman–Crippen MR) is 55.1 cm³/mol. The lowest BCUT2D eigenvalue weighted by molar-refractivity contribution is -0.122. The minimum atomic E-state index is -0.783. The molecule has 1 aliphatic rings. The van der Waals surface area contributed by atoms with E-state index in [1.54, 1.807) is 0 Å². The molecule has 0 heterocycles. The number of unbranched alkanes of at least 4 members (excludes halogenated alkanes) is 2. The molecule has 0 aromatic heterocycles. The van der Waals surface area contributed by atoms with Crippen LogP contribution in [0, 0.1) is 5.92 Å². The zero-order valence-electron chi connectivity index (χ0n) is 7.78. The number of hydrogen-bond acceptors (Lipinski definition) is 1. The fraction of sp³-hybridized carbons (Fsp3) is 0.889. The van der Waals surface area contributed by atoms with Gasteiger partial charge in [0.1, 0.15) is 4.33 Å². The molecule has 0 radical (unpaired) electrons. The molecule has 1 fully saturated rings. The highest BCUT2D eigenvalue weighted by molar-refractivity contribution is 6.52. The van der Waals surface area contributed by atoms with Crippen LogP contribution in [0.5, 0.6) is 0 Å². The highest BCUT2D eigenvalue weighted by Crippen LogP contribution is 2.53. The van der Waals surface area contributed by atoms with Crippen molar-refractivity contribution in [3.8, 4) is 0 Å². The fourth-order valence-electron chi connectivity index (χ4n) is 1.21. The second-order valence-corrected chi connectivity index (χ2v) is 5.06. The van der Waals surface area contributed by atoms with E-state index >= 15 is 0 Å². The normalized spacial score (nSPS) is 24.1. The Morgan fingerprint density at radius 1 is 1.54 bits per heavy atom. The second-order valence-electron chi connectivity index (χ2n) is 3.52. The first-order chi connectivity index (χ1) is 6.08. The molecule has 13 heavy (non-hydrogen) atoms. The Morgan fingerprint density at radius 2 is 2.15 bits per heavy atom. The Labute approximate surface area is 89.0 Å². The van der Waals surface area contributed by atoms with Gasteiger partial charge in [0, 0.05) is 6.54 Å². The van der Waals surface area contributed by atoms with Gasteiger partial charge in [-0.1, -0.05) is 19.8 Å². The van der Waals surface area contributed by atoms with Crippen molar-refractivity contribution >= 4 is 29.1 Å². The lowest BCUT2D eigenvalue weighted by Crippen LogP contribution is -2.27. The molecule has 1 N–H and O–H groups in total. The molecule has 0 saturated heterocycles. The van der Waals surface area contributed by atoms with Crippen LogP contribution in [0.25, 0.3) is 0 Å². The van der Waals surface area contributed by atoms with Crippen LogP contribution in [0.4, 0.5) is 0 Å². The van der Waals surface area contributed by atoms with Crippen LogP contribution in [0.2, 0.25) is 0 Å². The number of hydrogen-bond donors (Lipinski definition) is 1. The third-order valence-electron chi connectivity index (χ3n) is 2.22. The molecule has 1 saturated carbocycles. The summed E-state index contributed by atoms with van der Waals surface area (Å²) in [5, 5.41) is 2.83. The summed E-state index contributed by atoms with van der Waals surface area (Å²) in [5.41, 5.74) is 0. The Balaban J connectivity index is 2.06. The van der Waals surface area contributed by atoms with Crippen LogP contribution in [0.1, 0.15) is 32.6 Å². The number of alkyl halides is 2. The lowest BCUT2D eigenvalue weighted by Gasteiger charge is -2.03. The number of amides is 1. The summed E-state index contributed by atoms with van der Waals surface area (Å²) in [7, 11) is 0. The molecule has 4 heteroatoms. The summed E-state index contributed by atoms with van der Waals surface area (Å²) in [6.07, 6.45) is 3.94. The van der Waals surface area contributed by atoms with Crippen molar-refractivity contribution in [3.05, 3.63) is 0 Å². The average molecular weight is 224 g/mol. The Hall–Kier alpha value is 0.0500. The van der Waals surface area contributed by atoms with E-state index in [9.17, 15) is 4.79 Å². The third kappa shape index (κ3) is 3.35. The summed E-state index contributed by atoms with van der Waals surface area (Å²) in [6.45, 7) is 2.87. The van der Waals surface area contributed by atoms with Crippen LogP contribution >= 0.6 is 23.2 Å². The molecule has 2 nitrogen and oxygen atoms in total. The molecule has 0 bridgehead atoms. The van der Waals surface area contributed by atoms with E-state index in [2.05, 4.69) is 12.2 Å². The molecule has 1 amide bonds. The van der Waals surface area contributed by atoms with Gasteiger partial charge in [-0.2, -0.15) is 0 Å². The maximum Gasteiger partial charge on any atom is 0.226 e. The summed E-state index contributed by atoms with van der Waals surface area (Å²) >= 11 is 11.5. The van der Waals surface area contributed by atoms with E-state index in [0.29, 0.717) is 6.42 Å². The fourth-order valence-corrected chi connectivity index (χ4v) is 1.71. The summed E-state index contributed by atoms with van der Waals surface area (Å²) < 4.78 is -0.783. The average Bonchev–Trinajstić information content (AvgIpc) is 2.69. The minimum absolute atomic E-state index is 0.00102. The number of halogens is 2. The summed E-state index contributed by atoms with van der Waals surface area (Å²) in [6, 6.07) is 0. The van der Waals surface area contributed by atoms with Gasteiger partial charge >= 0.3 is 0 Å². The minimum Gasteiger partial charge on any atom is -0.356 e. The van der Waals surface area contributed by atoms with Crippen molar-refractivity contribution in [1.82, 2.24) is 5.32 Å². The van der Waals surface area contributed by atoms with Gasteiger partial charge < -0.3 is 5.32 Å². The van der Waals surface area contributed by atoms with Gasteiger partial charge in [0.05, 0.1) is 5.92 Å². The van der Waals surface area contributed by atoms with E-state index in [1.807, 2.05) is 0 Å². The highest BCUT2D eigenvalue weighted by Gasteiger charge is 2.56. The third-order valence-corrected chi connectivity index (χ3v) is 3.06. The van der Waals surface area contributed by atoms with Crippen LogP contribution in [-0.2, 0) is 4.79 Å². The van der Waals surface area contributed by atoms with Gasteiger partial charge in [0.15, 0.2) is 0 Å². The van der Waals surface area contributed by atoms with Crippen LogP contribution in [0.3, 0.4) is 0 Å². The highest BCUT2D eigenvalue weighted by atomic mass is 35.5. The van der Waals surface area contributed by atoms with E-state index in [-0.39, 0.29) is 11.8 Å². The van der Waals surface area contributed by atoms with Crippen LogP contribution in [-0.4, -0.2) is 16.8 Å². The van der Waals surface area contributed by atoms with Gasteiger partial charge in [0.2, 0.25) is 5.91 Å². The van der Waals surface area contributed by atoms with E-state index in [0.717, 1.165) is 25.8 Å². The quantitative estimate of drug-likeness (QED) is 0.564. The van der Waals surface area contributed by atoms with E-state index in [4.69, 9.17) is 23.2 Å². The first-order valence-electron chi connectivity index (χ1n) is 4.73. The van der Waals surface area contributed by atoms with Crippen molar-refractivity contribution in [2.75, 3.05) is 6.54 Å². The van der Waals surface area contributed by atoms with Crippen molar-refractivity contribution in [1.29, 1.82) is 0 Å². The van der Waals surface area contributed by atoms with Gasteiger partial charge in [-0.05, 0) is 12.8 Å². The van der Waals surface area contributed by atoms with Crippen LogP contribution < -0.4 is 5.32 Å². The van der Waals surface area contributed by atoms with E-state index < -0.39 is 4.33 Å². The summed E-state index contributed by atoms with van der Waals surface area (Å²) in [4.78, 5) is 11.3. The number of nitrogens with one attached hydrogen (secondary N) is 1. The molecular formula is C9H15Cl2NO. The predicted octanol–water partition coefficient (Wildman–Crippen LogP) is 2.49. The van der Waals surface area contributed by atoms with Gasteiger partial charge in [-0.25, -0.2) is 0 Å². The molecule has 0 aromatic carbocycles. The largest absolute Gasteiger partial charge is 0.356 e. The molecule has 1 unspecified atom stereocenters. The molecule has 0 spiro atoms. The van der Waals surface area contributed by atoms with E-state index in [1.165, 1.54) is 0 Å². The van der Waals surface area contributed by atoms with Crippen LogP contribution in [0.15, 0.2) is 0 Å². The van der Waals surface area contributed by atoms with Gasteiger partial charge in [-0.3, -0.25) is 4.79 Å². The van der Waals surface area contributed by atoms with Crippen molar-refractivity contribution < 1.29 is 4.79 Å². The lowest BCUT2D eigenvalue weighted by atomic mass is 10.2. The molecule has 76 valence electrons. The molecule has 1 atom stereocenters. The molecule has 1 rings (SSSR count). The Kier molecular flexibility index (Phi) is 3.87. The Bertz CT molecular complexity index is 194. The monoisotopic (exact) mass is 223 g/mol. The SMILES string of the molecule is CCCCCNC(=O)C1CC1(Cl)Cl. The molecule has 0 aromatic rings. The van der Waals surface area contributed by atoms with Crippen molar-refractivity contribution in [2.45, 2.75) is 36.9 Å². The first-order valence-corrected chi connectivity index (χ1v) is 5.49. The number of rotatable bonds is 5. The van der Waals surface area contributed by atoms with Crippen molar-refractivity contribution in [2.24, 2.45) is 5.92 Å². The number of carbonyl (C=O) groups is 1. The Morgan fingerprint density at radius 3 is 2.62 bits per heavy atom. The maximum atomic E-state index is 11.3. The standard InChI is InChI=1S/C9H15Cl2NO/c1-2-3-4-5-12-8(13)7-6-9(7,10)11/h7H,2-6H2,1H3,(H,12,13). The van der Waals surface area contributed by atoms with Gasteiger partial charge in [-0.15, -0.1) is 23.2 Å². The maximum absolute atomic E-state index is 11.3. The zero-order chi connectivity index (χ0) is 9.90. The molecule has 0 aliphatic heterocycles. The zero-order valence-corrected chi connectivity index (χ0v) is 9.29. The second kappa shape index (κ2) is 4.52. The molecule has 1 aliphatic carbocycles. The van der Waals surface area contributed by atoms with Crippen molar-refractivity contribution in [3.63, 3.8) is 0 Å². The molecular weight excluding hydrogens is 209 g/mol. The first kappa shape index (κ1) is 11.1. The summed E-state index contributed by atoms with van der Waals surface area (Å²) in [5.74, 6) is -0.182.